The molecule has 1 aliphatic heterocycles. The molecule has 1 heterocycles. The summed E-state index contributed by atoms with van der Waals surface area (Å²) in [5.41, 5.74) is 2.62. The SMILES string of the molecule is O=C(NOC1CCNC1)C1CCCCC1. The highest BCUT2D eigenvalue weighted by Gasteiger charge is 2.23. The highest BCUT2D eigenvalue weighted by molar-refractivity contribution is 5.77. The van der Waals surface area contributed by atoms with Crippen LogP contribution in [0.1, 0.15) is 38.5 Å². The van der Waals surface area contributed by atoms with Crippen molar-refractivity contribution in [1.82, 2.24) is 10.8 Å². The van der Waals surface area contributed by atoms with E-state index in [1.807, 2.05) is 0 Å². The van der Waals surface area contributed by atoms with Crippen LogP contribution in [0, 0.1) is 5.92 Å². The minimum absolute atomic E-state index is 0.0848. The van der Waals surface area contributed by atoms with Crippen LogP contribution >= 0.6 is 0 Å². The van der Waals surface area contributed by atoms with Gasteiger partial charge in [-0.3, -0.25) is 9.63 Å². The summed E-state index contributed by atoms with van der Waals surface area (Å²) in [5.74, 6) is 0.273. The van der Waals surface area contributed by atoms with Crippen molar-refractivity contribution in [2.24, 2.45) is 5.92 Å². The van der Waals surface area contributed by atoms with Gasteiger partial charge in [0.2, 0.25) is 5.91 Å². The highest BCUT2D eigenvalue weighted by atomic mass is 16.7. The second-order valence-corrected chi connectivity index (χ2v) is 4.53. The third kappa shape index (κ3) is 3.18. The predicted molar refractivity (Wildman–Crippen MR) is 57.1 cm³/mol. The van der Waals surface area contributed by atoms with E-state index in [9.17, 15) is 4.79 Å². The molecule has 0 spiro atoms. The first kappa shape index (κ1) is 10.9. The van der Waals surface area contributed by atoms with Gasteiger partial charge >= 0.3 is 0 Å². The summed E-state index contributed by atoms with van der Waals surface area (Å²) >= 11 is 0. The van der Waals surface area contributed by atoms with E-state index in [2.05, 4.69) is 10.8 Å². The maximum atomic E-state index is 11.7. The minimum atomic E-state index is 0.0848. The summed E-state index contributed by atoms with van der Waals surface area (Å²) < 4.78 is 0. The Morgan fingerprint density at radius 2 is 2.00 bits per heavy atom. The van der Waals surface area contributed by atoms with Gasteiger partial charge in [-0.2, -0.15) is 0 Å². The fraction of sp³-hybridized carbons (Fsp3) is 0.909. The van der Waals surface area contributed by atoms with Crippen LogP contribution < -0.4 is 10.8 Å². The Kier molecular flexibility index (Phi) is 3.97. The number of hydrogen-bond acceptors (Lipinski definition) is 3. The van der Waals surface area contributed by atoms with Gasteiger partial charge in [-0.05, 0) is 25.8 Å². The van der Waals surface area contributed by atoms with Gasteiger partial charge in [-0.1, -0.05) is 19.3 Å². The van der Waals surface area contributed by atoms with Crippen LogP contribution in [0.15, 0.2) is 0 Å². The largest absolute Gasteiger partial charge is 0.314 e. The summed E-state index contributed by atoms with van der Waals surface area (Å²) in [6.07, 6.45) is 6.85. The molecule has 4 heteroatoms. The van der Waals surface area contributed by atoms with Gasteiger partial charge in [0.15, 0.2) is 0 Å². The van der Waals surface area contributed by atoms with Crippen LogP contribution in [0.25, 0.3) is 0 Å². The monoisotopic (exact) mass is 212 g/mol. The molecule has 15 heavy (non-hydrogen) atoms. The normalized spacial score (nSPS) is 27.9. The van der Waals surface area contributed by atoms with Gasteiger partial charge in [0.25, 0.3) is 0 Å². The Bertz CT molecular complexity index is 209. The molecule has 0 aromatic rings. The van der Waals surface area contributed by atoms with Crippen LogP contribution in [0.2, 0.25) is 0 Å². The molecule has 0 aromatic carbocycles. The second kappa shape index (κ2) is 5.47. The number of carbonyl (C=O) groups excluding carboxylic acids is 1. The van der Waals surface area contributed by atoms with Crippen molar-refractivity contribution >= 4 is 5.91 Å². The van der Waals surface area contributed by atoms with E-state index in [4.69, 9.17) is 4.84 Å². The van der Waals surface area contributed by atoms with Gasteiger partial charge in [-0.25, -0.2) is 5.48 Å². The van der Waals surface area contributed by atoms with Crippen molar-refractivity contribution in [3.05, 3.63) is 0 Å². The highest BCUT2D eigenvalue weighted by Crippen LogP contribution is 2.23. The lowest BCUT2D eigenvalue weighted by atomic mass is 9.89. The predicted octanol–water partition coefficient (Wildman–Crippen LogP) is 0.976. The molecule has 1 saturated heterocycles. The summed E-state index contributed by atoms with van der Waals surface area (Å²) in [6.45, 7) is 1.84. The smallest absolute Gasteiger partial charge is 0.246 e. The Labute approximate surface area is 90.7 Å². The molecule has 2 aliphatic rings. The molecule has 0 radical (unpaired) electrons. The van der Waals surface area contributed by atoms with Gasteiger partial charge in [0.1, 0.15) is 0 Å². The number of rotatable bonds is 3. The average molecular weight is 212 g/mol. The summed E-state index contributed by atoms with van der Waals surface area (Å²) in [6, 6.07) is 0. The van der Waals surface area contributed by atoms with E-state index in [1.165, 1.54) is 19.3 Å². The van der Waals surface area contributed by atoms with E-state index in [1.54, 1.807) is 0 Å². The van der Waals surface area contributed by atoms with Crippen molar-refractivity contribution in [2.45, 2.75) is 44.6 Å². The van der Waals surface area contributed by atoms with E-state index >= 15 is 0 Å². The Morgan fingerprint density at radius 1 is 1.20 bits per heavy atom. The Hall–Kier alpha value is -0.610. The zero-order chi connectivity index (χ0) is 10.5. The molecular weight excluding hydrogens is 192 g/mol. The Balaban J connectivity index is 1.66. The molecule has 4 nitrogen and oxygen atoms in total. The molecule has 0 bridgehead atoms. The lowest BCUT2D eigenvalue weighted by Gasteiger charge is -2.21. The average Bonchev–Trinajstić information content (AvgIpc) is 2.80. The zero-order valence-corrected chi connectivity index (χ0v) is 9.13. The second-order valence-electron chi connectivity index (χ2n) is 4.53. The van der Waals surface area contributed by atoms with Gasteiger partial charge in [0, 0.05) is 12.5 Å². The van der Waals surface area contributed by atoms with Crippen molar-refractivity contribution < 1.29 is 9.63 Å². The van der Waals surface area contributed by atoms with Crippen LogP contribution in [0.3, 0.4) is 0 Å². The maximum Gasteiger partial charge on any atom is 0.246 e. The molecule has 1 unspecified atom stereocenters. The molecule has 0 aromatic heterocycles. The number of amides is 1. The first-order chi connectivity index (χ1) is 7.36. The molecule has 1 aliphatic carbocycles. The van der Waals surface area contributed by atoms with Crippen LogP contribution in [-0.2, 0) is 9.63 Å². The van der Waals surface area contributed by atoms with Crippen LogP contribution in [-0.4, -0.2) is 25.1 Å². The standard InChI is InChI=1S/C11H20N2O2/c14-11(9-4-2-1-3-5-9)13-15-10-6-7-12-8-10/h9-10,12H,1-8H2,(H,13,14). The van der Waals surface area contributed by atoms with E-state index < -0.39 is 0 Å². The topological polar surface area (TPSA) is 50.4 Å². The molecule has 2 rings (SSSR count). The van der Waals surface area contributed by atoms with Crippen LogP contribution in [0.4, 0.5) is 0 Å². The molecule has 1 atom stereocenters. The van der Waals surface area contributed by atoms with Crippen molar-refractivity contribution in [3.63, 3.8) is 0 Å². The third-order valence-electron chi connectivity index (χ3n) is 3.32. The number of hydroxylamine groups is 1. The van der Waals surface area contributed by atoms with Crippen molar-refractivity contribution in [1.29, 1.82) is 0 Å². The number of nitrogens with one attached hydrogen (secondary N) is 2. The van der Waals surface area contributed by atoms with Crippen LogP contribution in [0.5, 0.6) is 0 Å². The fourth-order valence-electron chi connectivity index (χ4n) is 2.32. The number of carbonyl (C=O) groups is 1. The number of hydrogen-bond donors (Lipinski definition) is 2. The van der Waals surface area contributed by atoms with Crippen molar-refractivity contribution in [3.8, 4) is 0 Å². The zero-order valence-electron chi connectivity index (χ0n) is 9.13. The molecule has 1 amide bonds. The molecular formula is C11H20N2O2. The Morgan fingerprint density at radius 3 is 2.67 bits per heavy atom. The summed E-state index contributed by atoms with van der Waals surface area (Å²) in [4.78, 5) is 17.1. The lowest BCUT2D eigenvalue weighted by molar-refractivity contribution is -0.142. The molecule has 1 saturated carbocycles. The van der Waals surface area contributed by atoms with Gasteiger partial charge in [-0.15, -0.1) is 0 Å². The van der Waals surface area contributed by atoms with Crippen molar-refractivity contribution in [2.75, 3.05) is 13.1 Å². The first-order valence-electron chi connectivity index (χ1n) is 6.02. The maximum absolute atomic E-state index is 11.7. The molecule has 86 valence electrons. The summed E-state index contributed by atoms with van der Waals surface area (Å²) in [5, 5.41) is 3.20. The van der Waals surface area contributed by atoms with E-state index in [-0.39, 0.29) is 17.9 Å². The van der Waals surface area contributed by atoms with E-state index in [0.29, 0.717) is 0 Å². The van der Waals surface area contributed by atoms with Gasteiger partial charge in [0.05, 0.1) is 6.10 Å². The third-order valence-corrected chi connectivity index (χ3v) is 3.32. The lowest BCUT2D eigenvalue weighted by Crippen LogP contribution is -2.35. The minimum Gasteiger partial charge on any atom is -0.314 e. The first-order valence-corrected chi connectivity index (χ1v) is 6.02. The fourth-order valence-corrected chi connectivity index (χ4v) is 2.32. The summed E-state index contributed by atoms with van der Waals surface area (Å²) in [7, 11) is 0. The molecule has 2 fully saturated rings. The molecule has 2 N–H and O–H groups in total. The van der Waals surface area contributed by atoms with E-state index in [0.717, 1.165) is 32.4 Å². The van der Waals surface area contributed by atoms with Gasteiger partial charge < -0.3 is 5.32 Å². The quantitative estimate of drug-likeness (QED) is 0.686.